The minimum Gasteiger partial charge on any atom is -0.480 e. The van der Waals surface area contributed by atoms with Gasteiger partial charge in [-0.2, -0.15) is 0 Å². The van der Waals surface area contributed by atoms with Gasteiger partial charge in [0.2, 0.25) is 0 Å². The molecule has 0 spiro atoms. The molecule has 0 unspecified atom stereocenters. The highest BCUT2D eigenvalue weighted by molar-refractivity contribution is 6.29. The predicted octanol–water partition coefficient (Wildman–Crippen LogP) is 3.18. The third-order valence-corrected chi connectivity index (χ3v) is 3.61. The lowest BCUT2D eigenvalue weighted by Crippen LogP contribution is -2.52. The highest BCUT2D eigenvalue weighted by Gasteiger charge is 2.37. The summed E-state index contributed by atoms with van der Waals surface area (Å²) in [5.74, 6) is -1.30. The molecule has 0 saturated heterocycles. The number of likely N-dealkylation sites (N-methyl/N-ethyl adjacent to an activating group) is 1. The number of carboxylic acids is 1. The molecule has 6 heteroatoms. The van der Waals surface area contributed by atoms with Gasteiger partial charge in [0, 0.05) is 17.8 Å². The van der Waals surface area contributed by atoms with Crippen molar-refractivity contribution in [2.75, 3.05) is 6.54 Å². The summed E-state index contributed by atoms with van der Waals surface area (Å²) in [6.07, 6.45) is 0. The van der Waals surface area contributed by atoms with E-state index < -0.39 is 11.5 Å². The second-order valence-corrected chi connectivity index (χ2v) is 6.06. The molecule has 1 rings (SSSR count). The molecule has 0 saturated carbocycles. The van der Waals surface area contributed by atoms with E-state index in [9.17, 15) is 14.7 Å². The van der Waals surface area contributed by atoms with Gasteiger partial charge in [0.05, 0.1) is 0 Å². The molecule has 0 aliphatic carbocycles. The van der Waals surface area contributed by atoms with Crippen LogP contribution in [0.2, 0.25) is 5.15 Å². The Morgan fingerprint density at radius 2 is 1.95 bits per heavy atom. The average Bonchev–Trinajstić information content (AvgIpc) is 2.38. The van der Waals surface area contributed by atoms with Crippen molar-refractivity contribution in [3.63, 3.8) is 0 Å². The van der Waals surface area contributed by atoms with Crippen LogP contribution in [-0.4, -0.2) is 39.0 Å². The fourth-order valence-electron chi connectivity index (χ4n) is 2.00. The Morgan fingerprint density at radius 1 is 1.38 bits per heavy atom. The molecule has 0 radical (unpaired) electrons. The van der Waals surface area contributed by atoms with Gasteiger partial charge in [-0.1, -0.05) is 25.4 Å². The van der Waals surface area contributed by atoms with E-state index in [1.807, 2.05) is 13.8 Å². The lowest BCUT2D eigenvalue weighted by Gasteiger charge is -2.34. The van der Waals surface area contributed by atoms with Gasteiger partial charge in [-0.05, 0) is 38.8 Å². The highest BCUT2D eigenvalue weighted by Crippen LogP contribution is 2.22. The largest absolute Gasteiger partial charge is 0.480 e. The lowest BCUT2D eigenvalue weighted by molar-refractivity contribution is -0.147. The number of halogens is 1. The number of nitrogens with zero attached hydrogens (tertiary/aromatic N) is 2. The van der Waals surface area contributed by atoms with E-state index in [2.05, 4.69) is 4.98 Å². The van der Waals surface area contributed by atoms with Gasteiger partial charge in [0.15, 0.2) is 0 Å². The number of rotatable bonds is 5. The summed E-state index contributed by atoms with van der Waals surface area (Å²) in [5, 5.41) is 9.53. The van der Waals surface area contributed by atoms with E-state index >= 15 is 0 Å². The third-order valence-electron chi connectivity index (χ3n) is 3.41. The fourth-order valence-corrected chi connectivity index (χ4v) is 2.22. The Kier molecular flexibility index (Phi) is 5.34. The number of pyridine rings is 1. The van der Waals surface area contributed by atoms with Crippen molar-refractivity contribution in [2.24, 2.45) is 0 Å². The Balaban J connectivity index is 3.26. The maximum Gasteiger partial charge on any atom is 0.329 e. The summed E-state index contributed by atoms with van der Waals surface area (Å²) < 4.78 is 0. The standard InChI is InChI=1S/C15H21ClN2O3/c1-6-18(15(4,5)14(20)21)13(19)10-7-11(9(2)3)17-12(16)8-10/h7-9H,6H2,1-5H3,(H,20,21). The summed E-state index contributed by atoms with van der Waals surface area (Å²) in [6.45, 7) is 8.94. The number of hydrogen-bond donors (Lipinski definition) is 1. The second kappa shape index (κ2) is 6.43. The molecule has 1 amide bonds. The Hall–Kier alpha value is -1.62. The van der Waals surface area contributed by atoms with Crippen LogP contribution in [0.3, 0.4) is 0 Å². The Labute approximate surface area is 129 Å². The number of carboxylic acid groups (broad SMARTS) is 1. The summed E-state index contributed by atoms with van der Waals surface area (Å²) in [6, 6.07) is 3.13. The quantitative estimate of drug-likeness (QED) is 0.848. The first-order chi connectivity index (χ1) is 9.61. The van der Waals surface area contributed by atoms with E-state index in [-0.39, 0.29) is 23.5 Å². The van der Waals surface area contributed by atoms with E-state index in [1.165, 1.54) is 24.8 Å². The van der Waals surface area contributed by atoms with Gasteiger partial charge in [-0.3, -0.25) is 4.79 Å². The van der Waals surface area contributed by atoms with Crippen molar-refractivity contribution >= 4 is 23.5 Å². The van der Waals surface area contributed by atoms with Gasteiger partial charge in [-0.15, -0.1) is 0 Å². The van der Waals surface area contributed by atoms with Gasteiger partial charge in [0.1, 0.15) is 10.7 Å². The fraction of sp³-hybridized carbons (Fsp3) is 0.533. The molecule has 116 valence electrons. The lowest BCUT2D eigenvalue weighted by atomic mass is 10.0. The van der Waals surface area contributed by atoms with Crippen LogP contribution in [0.25, 0.3) is 0 Å². The zero-order chi connectivity index (χ0) is 16.4. The summed E-state index contributed by atoms with van der Waals surface area (Å²) in [4.78, 5) is 29.5. The van der Waals surface area contributed by atoms with Gasteiger partial charge in [-0.25, -0.2) is 9.78 Å². The van der Waals surface area contributed by atoms with Crippen molar-refractivity contribution in [3.05, 3.63) is 28.5 Å². The van der Waals surface area contributed by atoms with Crippen LogP contribution >= 0.6 is 11.6 Å². The molecule has 1 N–H and O–H groups in total. The maximum absolute atomic E-state index is 12.6. The summed E-state index contributed by atoms with van der Waals surface area (Å²) in [5.41, 5.74) is -0.232. The Bertz CT molecular complexity index is 556. The smallest absolute Gasteiger partial charge is 0.329 e. The van der Waals surface area contributed by atoms with Crippen LogP contribution in [0.5, 0.6) is 0 Å². The van der Waals surface area contributed by atoms with Crippen molar-refractivity contribution in [3.8, 4) is 0 Å². The SMILES string of the molecule is CCN(C(=O)c1cc(Cl)nc(C(C)C)c1)C(C)(C)C(=O)O. The molecule has 1 aromatic rings. The van der Waals surface area contributed by atoms with Gasteiger partial charge < -0.3 is 10.0 Å². The number of aliphatic carboxylic acids is 1. The molecule has 5 nitrogen and oxygen atoms in total. The third kappa shape index (κ3) is 3.73. The van der Waals surface area contributed by atoms with Crippen molar-refractivity contribution in [2.45, 2.75) is 46.1 Å². The maximum atomic E-state index is 12.6. The minimum absolute atomic E-state index is 0.123. The van der Waals surface area contributed by atoms with Crippen molar-refractivity contribution in [1.29, 1.82) is 0 Å². The first-order valence-corrected chi connectivity index (χ1v) is 7.21. The molecular formula is C15H21ClN2O3. The van der Waals surface area contributed by atoms with E-state index in [0.29, 0.717) is 11.3 Å². The molecule has 0 bridgehead atoms. The van der Waals surface area contributed by atoms with Crippen LogP contribution in [0, 0.1) is 0 Å². The van der Waals surface area contributed by atoms with Crippen LogP contribution in [0.4, 0.5) is 0 Å². The average molecular weight is 313 g/mol. The van der Waals surface area contributed by atoms with E-state index in [1.54, 1.807) is 13.0 Å². The number of hydrogen-bond acceptors (Lipinski definition) is 3. The van der Waals surface area contributed by atoms with Crippen LogP contribution in [-0.2, 0) is 4.79 Å². The summed E-state index contributed by atoms with van der Waals surface area (Å²) >= 11 is 5.96. The first-order valence-electron chi connectivity index (χ1n) is 6.84. The molecule has 0 fully saturated rings. The molecule has 1 aromatic heterocycles. The predicted molar refractivity (Wildman–Crippen MR) is 81.8 cm³/mol. The summed E-state index contributed by atoms with van der Waals surface area (Å²) in [7, 11) is 0. The van der Waals surface area contributed by atoms with E-state index in [4.69, 9.17) is 11.6 Å². The second-order valence-electron chi connectivity index (χ2n) is 5.67. The zero-order valence-corrected chi connectivity index (χ0v) is 13.7. The molecule has 0 aliphatic heterocycles. The van der Waals surface area contributed by atoms with Crippen molar-refractivity contribution < 1.29 is 14.7 Å². The number of amides is 1. The Morgan fingerprint density at radius 3 is 2.38 bits per heavy atom. The van der Waals surface area contributed by atoms with Crippen LogP contribution in [0.15, 0.2) is 12.1 Å². The minimum atomic E-state index is -1.29. The molecule has 21 heavy (non-hydrogen) atoms. The number of aromatic nitrogens is 1. The van der Waals surface area contributed by atoms with Gasteiger partial charge in [0.25, 0.3) is 5.91 Å². The van der Waals surface area contributed by atoms with E-state index in [0.717, 1.165) is 0 Å². The number of carbonyl (C=O) groups is 2. The molecule has 1 heterocycles. The monoisotopic (exact) mass is 312 g/mol. The van der Waals surface area contributed by atoms with Crippen LogP contribution < -0.4 is 0 Å². The molecule has 0 aromatic carbocycles. The van der Waals surface area contributed by atoms with Crippen molar-refractivity contribution in [1.82, 2.24) is 9.88 Å². The zero-order valence-electron chi connectivity index (χ0n) is 13.0. The molecule has 0 atom stereocenters. The topological polar surface area (TPSA) is 70.5 Å². The molecular weight excluding hydrogens is 292 g/mol. The first kappa shape index (κ1) is 17.4. The highest BCUT2D eigenvalue weighted by atomic mass is 35.5. The normalized spacial score (nSPS) is 11.6. The van der Waals surface area contributed by atoms with Gasteiger partial charge >= 0.3 is 5.97 Å². The van der Waals surface area contributed by atoms with Crippen LogP contribution in [0.1, 0.15) is 56.6 Å². The number of carbonyl (C=O) groups excluding carboxylic acids is 1. The molecule has 0 aliphatic rings.